The van der Waals surface area contributed by atoms with Gasteiger partial charge in [0.1, 0.15) is 10.7 Å². The topological polar surface area (TPSA) is 71.2 Å². The number of carbonyl (C=O) groups is 1. The summed E-state index contributed by atoms with van der Waals surface area (Å²) < 4.78 is 0. The minimum absolute atomic E-state index is 0.0854. The fourth-order valence-corrected chi connectivity index (χ4v) is 3.46. The summed E-state index contributed by atoms with van der Waals surface area (Å²) in [7, 11) is 0. The number of hydrogen-bond donors (Lipinski definition) is 2. The Morgan fingerprint density at radius 2 is 2.15 bits per heavy atom. The molecule has 0 bridgehead atoms. The van der Waals surface area contributed by atoms with Crippen LogP contribution in [-0.2, 0) is 0 Å². The lowest BCUT2D eigenvalue weighted by Crippen LogP contribution is -2.40. The Balaban J connectivity index is 2.05. The molecule has 1 atom stereocenters. The number of nitrogens with zero attached hydrogens (tertiary/aromatic N) is 2. The summed E-state index contributed by atoms with van der Waals surface area (Å²) in [5.41, 5.74) is 5.90. The molecule has 1 aliphatic rings. The summed E-state index contributed by atoms with van der Waals surface area (Å²) >= 11 is 1.38. The maximum Gasteiger partial charge on any atom is 0.265 e. The number of nitrogens with two attached hydrogens (primary N) is 1. The first-order valence-corrected chi connectivity index (χ1v) is 8.20. The summed E-state index contributed by atoms with van der Waals surface area (Å²) in [6.07, 6.45) is 3.70. The van der Waals surface area contributed by atoms with Gasteiger partial charge in [0.25, 0.3) is 5.91 Å². The normalized spacial score (nSPS) is 16.6. The van der Waals surface area contributed by atoms with Gasteiger partial charge >= 0.3 is 0 Å². The molecule has 0 aromatic carbocycles. The summed E-state index contributed by atoms with van der Waals surface area (Å²) in [6.45, 7) is 7.94. The molecular formula is C14H24N4OS. The lowest BCUT2D eigenvalue weighted by molar-refractivity contribution is 0.0914. The molecule has 1 heterocycles. The first-order valence-electron chi connectivity index (χ1n) is 7.38. The van der Waals surface area contributed by atoms with Crippen LogP contribution >= 0.6 is 11.3 Å². The van der Waals surface area contributed by atoms with Crippen molar-refractivity contribution in [3.05, 3.63) is 4.88 Å². The third-order valence-electron chi connectivity index (χ3n) is 4.10. The van der Waals surface area contributed by atoms with Gasteiger partial charge in [0.05, 0.1) is 0 Å². The summed E-state index contributed by atoms with van der Waals surface area (Å²) in [5.74, 6) is 0.878. The number of hydrogen-bond acceptors (Lipinski definition) is 5. The van der Waals surface area contributed by atoms with Gasteiger partial charge in [-0.2, -0.15) is 0 Å². The van der Waals surface area contributed by atoms with Crippen LogP contribution in [0, 0.1) is 5.92 Å². The molecule has 1 fully saturated rings. The maximum atomic E-state index is 12.3. The van der Waals surface area contributed by atoms with Gasteiger partial charge in [-0.15, -0.1) is 0 Å². The molecule has 1 aromatic rings. The molecule has 0 aliphatic heterocycles. The third-order valence-corrected chi connectivity index (χ3v) is 5.23. The first-order chi connectivity index (χ1) is 9.56. The Bertz CT molecular complexity index is 466. The van der Waals surface area contributed by atoms with E-state index in [2.05, 4.69) is 36.0 Å². The van der Waals surface area contributed by atoms with E-state index in [1.165, 1.54) is 30.6 Å². The van der Waals surface area contributed by atoms with Crippen LogP contribution in [0.1, 0.15) is 49.7 Å². The maximum absolute atomic E-state index is 12.3. The van der Waals surface area contributed by atoms with Gasteiger partial charge in [0.2, 0.25) is 0 Å². The van der Waals surface area contributed by atoms with E-state index in [0.29, 0.717) is 16.6 Å². The monoisotopic (exact) mass is 296 g/mol. The highest BCUT2D eigenvalue weighted by Gasteiger charge is 2.27. The molecule has 1 unspecified atom stereocenters. The van der Waals surface area contributed by atoms with Gasteiger partial charge in [-0.1, -0.05) is 17.8 Å². The second-order valence-electron chi connectivity index (χ2n) is 5.34. The number of nitrogens with one attached hydrogen (secondary N) is 1. The van der Waals surface area contributed by atoms with Crippen molar-refractivity contribution in [2.24, 2.45) is 5.92 Å². The highest BCUT2D eigenvalue weighted by Crippen LogP contribution is 2.31. The number of carbonyl (C=O) groups excluding carboxylic acids is 1. The molecule has 1 amide bonds. The smallest absolute Gasteiger partial charge is 0.265 e. The lowest BCUT2D eigenvalue weighted by Gasteiger charge is -2.31. The van der Waals surface area contributed by atoms with Crippen LogP contribution in [0.15, 0.2) is 0 Å². The van der Waals surface area contributed by atoms with Crippen molar-refractivity contribution >= 4 is 28.2 Å². The highest BCUT2D eigenvalue weighted by atomic mass is 32.1. The van der Waals surface area contributed by atoms with E-state index in [9.17, 15) is 4.79 Å². The minimum atomic E-state index is -0.0854. The Labute approximate surface area is 124 Å². The van der Waals surface area contributed by atoms with Gasteiger partial charge < -0.3 is 16.0 Å². The number of thiazole rings is 1. The number of aromatic nitrogens is 1. The Morgan fingerprint density at radius 3 is 2.65 bits per heavy atom. The van der Waals surface area contributed by atoms with Crippen molar-refractivity contribution in [1.82, 2.24) is 10.3 Å². The molecule has 1 aliphatic carbocycles. The van der Waals surface area contributed by atoms with E-state index in [1.807, 2.05) is 0 Å². The van der Waals surface area contributed by atoms with Crippen molar-refractivity contribution in [3.63, 3.8) is 0 Å². The molecule has 20 heavy (non-hydrogen) atoms. The fraction of sp³-hybridized carbons (Fsp3) is 0.714. The summed E-state index contributed by atoms with van der Waals surface area (Å²) in [6, 6.07) is 0.217. The standard InChI is InChI=1S/C14H24N4OS/c1-4-18(5-2)14-17-12(15)11(20-14)13(19)16-9(3)10-7-6-8-10/h9-10H,4-8,15H2,1-3H3,(H,16,19). The average molecular weight is 296 g/mol. The van der Waals surface area contributed by atoms with Crippen LogP contribution in [-0.4, -0.2) is 30.0 Å². The van der Waals surface area contributed by atoms with E-state index < -0.39 is 0 Å². The van der Waals surface area contributed by atoms with E-state index in [4.69, 9.17) is 5.73 Å². The molecule has 5 nitrogen and oxygen atoms in total. The van der Waals surface area contributed by atoms with Gasteiger partial charge in [0, 0.05) is 19.1 Å². The average Bonchev–Trinajstić information content (AvgIpc) is 2.70. The first kappa shape index (κ1) is 15.1. The van der Waals surface area contributed by atoms with Gasteiger partial charge in [-0.25, -0.2) is 4.98 Å². The fourth-order valence-electron chi connectivity index (χ4n) is 2.44. The van der Waals surface area contributed by atoms with Crippen molar-refractivity contribution in [1.29, 1.82) is 0 Å². The van der Waals surface area contributed by atoms with Crippen molar-refractivity contribution < 1.29 is 4.79 Å². The number of amides is 1. The van der Waals surface area contributed by atoms with Crippen LogP contribution in [0.4, 0.5) is 10.9 Å². The molecule has 112 valence electrons. The zero-order valence-corrected chi connectivity index (χ0v) is 13.3. The summed E-state index contributed by atoms with van der Waals surface area (Å²) in [4.78, 5) is 19.3. The Hall–Kier alpha value is -1.30. The zero-order chi connectivity index (χ0) is 14.7. The van der Waals surface area contributed by atoms with E-state index in [1.54, 1.807) is 0 Å². The molecule has 2 rings (SSSR count). The lowest BCUT2D eigenvalue weighted by atomic mass is 9.80. The molecule has 1 aromatic heterocycles. The molecule has 6 heteroatoms. The molecule has 1 saturated carbocycles. The largest absolute Gasteiger partial charge is 0.382 e. The third kappa shape index (κ3) is 3.06. The molecule has 0 spiro atoms. The van der Waals surface area contributed by atoms with Crippen LogP contribution in [0.5, 0.6) is 0 Å². The molecule has 0 saturated heterocycles. The van der Waals surface area contributed by atoms with Crippen LogP contribution in [0.2, 0.25) is 0 Å². The van der Waals surface area contributed by atoms with E-state index in [0.717, 1.165) is 18.2 Å². The van der Waals surface area contributed by atoms with Crippen molar-refractivity contribution in [2.45, 2.75) is 46.1 Å². The van der Waals surface area contributed by atoms with Crippen molar-refractivity contribution in [2.75, 3.05) is 23.7 Å². The van der Waals surface area contributed by atoms with Gasteiger partial charge in [0.15, 0.2) is 5.13 Å². The second-order valence-corrected chi connectivity index (χ2v) is 6.31. The number of anilines is 2. The van der Waals surface area contributed by atoms with Crippen LogP contribution in [0.3, 0.4) is 0 Å². The zero-order valence-electron chi connectivity index (χ0n) is 12.5. The summed E-state index contributed by atoms with van der Waals surface area (Å²) in [5, 5.41) is 3.89. The SMILES string of the molecule is CCN(CC)c1nc(N)c(C(=O)NC(C)C2CCC2)s1. The number of rotatable bonds is 6. The molecule has 0 radical (unpaired) electrons. The number of nitrogen functional groups attached to an aromatic ring is 1. The molecule has 3 N–H and O–H groups in total. The second kappa shape index (κ2) is 6.43. The predicted molar refractivity (Wildman–Crippen MR) is 84.4 cm³/mol. The quantitative estimate of drug-likeness (QED) is 0.846. The van der Waals surface area contributed by atoms with Crippen molar-refractivity contribution in [3.8, 4) is 0 Å². The van der Waals surface area contributed by atoms with E-state index >= 15 is 0 Å². The minimum Gasteiger partial charge on any atom is -0.382 e. The van der Waals surface area contributed by atoms with Gasteiger partial charge in [-0.05, 0) is 39.5 Å². The van der Waals surface area contributed by atoms with Crippen LogP contribution < -0.4 is 16.0 Å². The van der Waals surface area contributed by atoms with E-state index in [-0.39, 0.29) is 11.9 Å². The Morgan fingerprint density at radius 1 is 1.50 bits per heavy atom. The Kier molecular flexibility index (Phi) is 4.86. The highest BCUT2D eigenvalue weighted by molar-refractivity contribution is 7.18. The van der Waals surface area contributed by atoms with Gasteiger partial charge in [-0.3, -0.25) is 4.79 Å². The molecular weight excluding hydrogens is 272 g/mol. The predicted octanol–water partition coefficient (Wildman–Crippen LogP) is 2.49. The van der Waals surface area contributed by atoms with Crippen LogP contribution in [0.25, 0.3) is 0 Å².